The normalized spacial score (nSPS) is 13.1. The number of esters is 3. The number of hydrogen-bond acceptors (Lipinski definition) is 6. The molecular formula is C60H96O6. The molecule has 0 amide bonds. The Morgan fingerprint density at radius 2 is 0.591 bits per heavy atom. The van der Waals surface area contributed by atoms with E-state index >= 15 is 0 Å². The van der Waals surface area contributed by atoms with Crippen LogP contribution in [0.15, 0.2) is 122 Å². The molecular weight excluding hydrogens is 817 g/mol. The van der Waals surface area contributed by atoms with Crippen molar-refractivity contribution in [2.24, 2.45) is 0 Å². The van der Waals surface area contributed by atoms with E-state index in [1.54, 1.807) is 0 Å². The SMILES string of the molecule is CC/C=C\C/C=C\C/C=C\C/C=C\C/C=C\CCCCCC(=O)OCC(COC(=O)CCCCCC/C=C\CCCC)OC(=O)CCCCCCCC/C=C\C/C=C\C/C=C\C/C=C\CC. The minimum absolute atomic E-state index is 0.104. The van der Waals surface area contributed by atoms with E-state index in [1.807, 2.05) is 0 Å². The second kappa shape index (κ2) is 53.4. The number of hydrogen-bond donors (Lipinski definition) is 0. The smallest absolute Gasteiger partial charge is 0.306 e. The lowest BCUT2D eigenvalue weighted by Crippen LogP contribution is -2.30. The summed E-state index contributed by atoms with van der Waals surface area (Å²) in [6.07, 6.45) is 73.3. The summed E-state index contributed by atoms with van der Waals surface area (Å²) >= 11 is 0. The van der Waals surface area contributed by atoms with E-state index in [1.165, 1.54) is 25.7 Å². The summed E-state index contributed by atoms with van der Waals surface area (Å²) in [5.41, 5.74) is 0. The summed E-state index contributed by atoms with van der Waals surface area (Å²) in [6.45, 7) is 6.30. The number of allylic oxidation sites excluding steroid dienone is 20. The van der Waals surface area contributed by atoms with Crippen LogP contribution in [0, 0.1) is 0 Å². The van der Waals surface area contributed by atoms with Crippen molar-refractivity contribution in [2.45, 2.75) is 226 Å². The first kappa shape index (κ1) is 61.8. The number of carbonyl (C=O) groups excluding carboxylic acids is 3. The summed E-state index contributed by atoms with van der Waals surface area (Å²) in [5, 5.41) is 0. The van der Waals surface area contributed by atoms with Crippen molar-refractivity contribution in [3.8, 4) is 0 Å². The first-order chi connectivity index (χ1) is 32.5. The average Bonchev–Trinajstić information content (AvgIpc) is 3.31. The third-order valence-electron chi connectivity index (χ3n) is 10.7. The van der Waals surface area contributed by atoms with Crippen molar-refractivity contribution in [1.29, 1.82) is 0 Å². The molecule has 0 rings (SSSR count). The van der Waals surface area contributed by atoms with Crippen molar-refractivity contribution in [1.82, 2.24) is 0 Å². The van der Waals surface area contributed by atoms with E-state index in [0.29, 0.717) is 19.3 Å². The van der Waals surface area contributed by atoms with Gasteiger partial charge in [-0.3, -0.25) is 14.4 Å². The highest BCUT2D eigenvalue weighted by Gasteiger charge is 2.19. The van der Waals surface area contributed by atoms with Gasteiger partial charge in [0.05, 0.1) is 0 Å². The van der Waals surface area contributed by atoms with Gasteiger partial charge in [0.25, 0.3) is 0 Å². The second-order valence-corrected chi connectivity index (χ2v) is 17.0. The topological polar surface area (TPSA) is 78.9 Å². The highest BCUT2D eigenvalue weighted by Crippen LogP contribution is 2.13. The number of carbonyl (C=O) groups is 3. The predicted molar refractivity (Wildman–Crippen MR) is 283 cm³/mol. The second-order valence-electron chi connectivity index (χ2n) is 17.0. The Kier molecular flexibility index (Phi) is 50.0. The van der Waals surface area contributed by atoms with Crippen molar-refractivity contribution in [3.05, 3.63) is 122 Å². The highest BCUT2D eigenvalue weighted by atomic mass is 16.6. The van der Waals surface area contributed by atoms with Gasteiger partial charge in [-0.25, -0.2) is 0 Å². The van der Waals surface area contributed by atoms with Gasteiger partial charge in [0.2, 0.25) is 0 Å². The van der Waals surface area contributed by atoms with Crippen molar-refractivity contribution in [3.63, 3.8) is 0 Å². The first-order valence-electron chi connectivity index (χ1n) is 26.5. The van der Waals surface area contributed by atoms with Crippen molar-refractivity contribution < 1.29 is 28.6 Å². The molecule has 66 heavy (non-hydrogen) atoms. The molecule has 0 N–H and O–H groups in total. The van der Waals surface area contributed by atoms with Crippen LogP contribution in [0.2, 0.25) is 0 Å². The Morgan fingerprint density at radius 1 is 0.318 bits per heavy atom. The van der Waals surface area contributed by atoms with Crippen LogP contribution in [-0.2, 0) is 28.6 Å². The Balaban J connectivity index is 4.46. The fourth-order valence-electron chi connectivity index (χ4n) is 6.73. The number of unbranched alkanes of at least 4 members (excludes halogenated alkanes) is 15. The molecule has 6 heteroatoms. The van der Waals surface area contributed by atoms with E-state index in [0.717, 1.165) is 154 Å². The fourth-order valence-corrected chi connectivity index (χ4v) is 6.73. The lowest BCUT2D eigenvalue weighted by molar-refractivity contribution is -0.167. The molecule has 372 valence electrons. The van der Waals surface area contributed by atoms with Gasteiger partial charge in [0.1, 0.15) is 13.2 Å². The molecule has 0 radical (unpaired) electrons. The minimum atomic E-state index is -0.807. The van der Waals surface area contributed by atoms with E-state index < -0.39 is 6.10 Å². The molecule has 0 aliphatic rings. The van der Waals surface area contributed by atoms with E-state index in [-0.39, 0.29) is 31.1 Å². The number of rotatable bonds is 46. The zero-order valence-corrected chi connectivity index (χ0v) is 42.4. The molecule has 1 atom stereocenters. The quantitative estimate of drug-likeness (QED) is 0.0262. The Bertz CT molecular complexity index is 1420. The van der Waals surface area contributed by atoms with Gasteiger partial charge in [0.15, 0.2) is 6.10 Å². The largest absolute Gasteiger partial charge is 0.462 e. The Hall–Kier alpha value is -4.19. The van der Waals surface area contributed by atoms with E-state index in [9.17, 15) is 14.4 Å². The molecule has 0 aromatic rings. The predicted octanol–water partition coefficient (Wildman–Crippen LogP) is 17.7. The summed E-state index contributed by atoms with van der Waals surface area (Å²) in [6, 6.07) is 0. The van der Waals surface area contributed by atoms with E-state index in [2.05, 4.69) is 142 Å². The maximum absolute atomic E-state index is 12.8. The van der Waals surface area contributed by atoms with Crippen LogP contribution in [0.5, 0.6) is 0 Å². The molecule has 0 fully saturated rings. The van der Waals surface area contributed by atoms with Gasteiger partial charge in [-0.1, -0.05) is 200 Å². The molecule has 1 unspecified atom stereocenters. The molecule has 0 saturated carbocycles. The van der Waals surface area contributed by atoms with Gasteiger partial charge in [-0.05, 0) is 122 Å². The third-order valence-corrected chi connectivity index (χ3v) is 10.7. The zero-order chi connectivity index (χ0) is 47.9. The van der Waals surface area contributed by atoms with Crippen LogP contribution in [0.3, 0.4) is 0 Å². The lowest BCUT2D eigenvalue weighted by Gasteiger charge is -2.18. The molecule has 0 aromatic carbocycles. The molecule has 0 aliphatic carbocycles. The van der Waals surface area contributed by atoms with Gasteiger partial charge in [-0.15, -0.1) is 0 Å². The summed E-state index contributed by atoms with van der Waals surface area (Å²) in [7, 11) is 0. The Labute approximate surface area is 405 Å². The van der Waals surface area contributed by atoms with Gasteiger partial charge < -0.3 is 14.2 Å². The van der Waals surface area contributed by atoms with Crippen LogP contribution in [0.25, 0.3) is 0 Å². The Morgan fingerprint density at radius 3 is 0.955 bits per heavy atom. The van der Waals surface area contributed by atoms with Crippen LogP contribution < -0.4 is 0 Å². The minimum Gasteiger partial charge on any atom is -0.462 e. The monoisotopic (exact) mass is 913 g/mol. The fraction of sp³-hybridized carbons (Fsp3) is 0.617. The zero-order valence-electron chi connectivity index (χ0n) is 42.4. The third kappa shape index (κ3) is 50.8. The summed E-state index contributed by atoms with van der Waals surface area (Å²) in [4.78, 5) is 38.0. The average molecular weight is 913 g/mol. The molecule has 6 nitrogen and oxygen atoms in total. The molecule has 0 bridgehead atoms. The molecule has 0 saturated heterocycles. The van der Waals surface area contributed by atoms with Gasteiger partial charge in [-0.2, -0.15) is 0 Å². The summed E-state index contributed by atoms with van der Waals surface area (Å²) in [5.74, 6) is -0.971. The standard InChI is InChI=1S/C60H96O6/c1-4-7-10-13-16-19-22-24-26-28-30-32-34-36-38-41-44-47-50-53-59(62)65-56-57(55-64-58(61)52-49-46-43-40-21-18-15-12-9-6-3)66-60(63)54-51-48-45-42-39-37-35-33-31-29-27-25-23-20-17-14-11-8-5-2/h7-8,10-11,15-20,24-27,30-33,36,38,57H,4-6,9,12-14,21-23,28-29,34-35,37,39-56H2,1-3H3/b10-7-,11-8-,18-15-,19-16-,20-17-,26-24-,27-25-,32-30-,33-31-,38-36-. The van der Waals surface area contributed by atoms with Crippen LogP contribution in [0.1, 0.15) is 220 Å². The van der Waals surface area contributed by atoms with Crippen LogP contribution >= 0.6 is 0 Å². The first-order valence-corrected chi connectivity index (χ1v) is 26.5. The molecule has 0 spiro atoms. The van der Waals surface area contributed by atoms with Crippen LogP contribution in [-0.4, -0.2) is 37.2 Å². The number of ether oxygens (including phenoxy) is 3. The summed E-state index contributed by atoms with van der Waals surface area (Å²) < 4.78 is 16.7. The highest BCUT2D eigenvalue weighted by molar-refractivity contribution is 5.71. The van der Waals surface area contributed by atoms with Crippen LogP contribution in [0.4, 0.5) is 0 Å². The maximum Gasteiger partial charge on any atom is 0.306 e. The molecule has 0 aromatic heterocycles. The van der Waals surface area contributed by atoms with Crippen molar-refractivity contribution in [2.75, 3.05) is 13.2 Å². The maximum atomic E-state index is 12.8. The van der Waals surface area contributed by atoms with Gasteiger partial charge >= 0.3 is 17.9 Å². The molecule has 0 aliphatic heterocycles. The lowest BCUT2D eigenvalue weighted by atomic mass is 10.1. The molecule has 0 heterocycles. The van der Waals surface area contributed by atoms with Gasteiger partial charge in [0, 0.05) is 19.3 Å². The van der Waals surface area contributed by atoms with Crippen molar-refractivity contribution >= 4 is 17.9 Å². The van der Waals surface area contributed by atoms with E-state index in [4.69, 9.17) is 14.2 Å².